The molecule has 2 N–H and O–H groups in total. The van der Waals surface area contributed by atoms with Crippen LogP contribution in [0.25, 0.3) is 0 Å². The highest BCUT2D eigenvalue weighted by Crippen LogP contribution is 2.25. The molecule has 1 saturated heterocycles. The van der Waals surface area contributed by atoms with Gasteiger partial charge in [0.15, 0.2) is 0 Å². The molecule has 0 unspecified atom stereocenters. The Kier molecular flexibility index (Phi) is 3.06. The molecule has 1 heterocycles. The predicted molar refractivity (Wildman–Crippen MR) is 67.0 cm³/mol. The van der Waals surface area contributed by atoms with Crippen molar-refractivity contribution in [1.29, 1.82) is 0 Å². The van der Waals surface area contributed by atoms with E-state index in [0.717, 1.165) is 31.9 Å². The number of phenols is 1. The van der Waals surface area contributed by atoms with Gasteiger partial charge >= 0.3 is 0 Å². The Hall–Kier alpha value is -1.22. The predicted octanol–water partition coefficient (Wildman–Crippen LogP) is 1.83. The van der Waals surface area contributed by atoms with E-state index in [1.165, 1.54) is 0 Å². The molecule has 0 atom stereocenters. The average molecular weight is 220 g/mol. The van der Waals surface area contributed by atoms with Crippen molar-refractivity contribution in [1.82, 2.24) is 5.32 Å². The van der Waals surface area contributed by atoms with E-state index in [1.54, 1.807) is 6.07 Å². The molecule has 1 aliphatic rings. The van der Waals surface area contributed by atoms with Crippen LogP contribution in [0.2, 0.25) is 0 Å². The number of nitrogens with one attached hydrogen (secondary N) is 1. The van der Waals surface area contributed by atoms with Crippen molar-refractivity contribution in [3.63, 3.8) is 0 Å². The molecule has 1 fully saturated rings. The number of aromatic hydroxyl groups is 1. The minimum Gasteiger partial charge on any atom is -0.508 e. The lowest BCUT2D eigenvalue weighted by molar-refractivity contribution is 0.370. The van der Waals surface area contributed by atoms with Crippen molar-refractivity contribution in [2.45, 2.75) is 13.8 Å². The molecule has 88 valence electrons. The summed E-state index contributed by atoms with van der Waals surface area (Å²) in [5.74, 6) is 0.340. The van der Waals surface area contributed by atoms with E-state index in [-0.39, 0.29) is 5.41 Å². The Morgan fingerprint density at radius 2 is 2.19 bits per heavy atom. The minimum atomic E-state index is 0.266. The quantitative estimate of drug-likeness (QED) is 0.758. The number of hydrogen-bond acceptors (Lipinski definition) is 3. The van der Waals surface area contributed by atoms with E-state index in [4.69, 9.17) is 0 Å². The van der Waals surface area contributed by atoms with Gasteiger partial charge in [-0.1, -0.05) is 19.9 Å². The van der Waals surface area contributed by atoms with Crippen molar-refractivity contribution < 1.29 is 5.11 Å². The molecule has 1 aliphatic heterocycles. The summed E-state index contributed by atoms with van der Waals surface area (Å²) in [5.41, 5.74) is 1.37. The summed E-state index contributed by atoms with van der Waals surface area (Å²) in [5, 5.41) is 12.9. The van der Waals surface area contributed by atoms with Gasteiger partial charge in [0, 0.05) is 37.9 Å². The van der Waals surface area contributed by atoms with Gasteiger partial charge in [-0.3, -0.25) is 0 Å². The minimum absolute atomic E-state index is 0.266. The fourth-order valence-corrected chi connectivity index (χ4v) is 2.20. The molecule has 0 spiro atoms. The van der Waals surface area contributed by atoms with Crippen LogP contribution in [0.4, 0.5) is 5.69 Å². The zero-order valence-corrected chi connectivity index (χ0v) is 10.0. The molecule has 0 saturated carbocycles. The maximum Gasteiger partial charge on any atom is 0.117 e. The fourth-order valence-electron chi connectivity index (χ4n) is 2.20. The molecule has 2 rings (SSSR count). The number of phenolic OH excluding ortho intramolecular Hbond substituents is 1. The van der Waals surface area contributed by atoms with Gasteiger partial charge in [0.05, 0.1) is 0 Å². The zero-order valence-electron chi connectivity index (χ0n) is 10.0. The highest BCUT2D eigenvalue weighted by molar-refractivity contribution is 5.50. The Bertz CT molecular complexity index is 363. The molecular formula is C13H20N2O. The van der Waals surface area contributed by atoms with Crippen LogP contribution in [0.3, 0.4) is 0 Å². The molecule has 16 heavy (non-hydrogen) atoms. The molecule has 1 aromatic rings. The summed E-state index contributed by atoms with van der Waals surface area (Å²) in [6.45, 7) is 8.58. The monoisotopic (exact) mass is 220 g/mol. The Labute approximate surface area is 97.1 Å². The molecule has 0 aliphatic carbocycles. The highest BCUT2D eigenvalue weighted by atomic mass is 16.3. The Balaban J connectivity index is 2.19. The largest absolute Gasteiger partial charge is 0.508 e. The van der Waals surface area contributed by atoms with Crippen LogP contribution in [-0.4, -0.2) is 31.3 Å². The van der Waals surface area contributed by atoms with Crippen LogP contribution < -0.4 is 10.2 Å². The summed E-state index contributed by atoms with van der Waals surface area (Å²) in [7, 11) is 0. The highest BCUT2D eigenvalue weighted by Gasteiger charge is 2.24. The van der Waals surface area contributed by atoms with Crippen LogP contribution in [0.5, 0.6) is 5.75 Å². The summed E-state index contributed by atoms with van der Waals surface area (Å²) in [6.07, 6.45) is 0. The van der Waals surface area contributed by atoms with E-state index in [9.17, 15) is 5.11 Å². The van der Waals surface area contributed by atoms with Crippen LogP contribution in [0.1, 0.15) is 13.8 Å². The summed E-state index contributed by atoms with van der Waals surface area (Å²) in [6, 6.07) is 7.50. The van der Waals surface area contributed by atoms with Gasteiger partial charge in [-0.05, 0) is 17.5 Å². The smallest absolute Gasteiger partial charge is 0.117 e. The van der Waals surface area contributed by atoms with Crippen LogP contribution >= 0.6 is 0 Å². The first kappa shape index (κ1) is 11.3. The van der Waals surface area contributed by atoms with Gasteiger partial charge in [-0.15, -0.1) is 0 Å². The molecule has 0 amide bonds. The van der Waals surface area contributed by atoms with Crippen molar-refractivity contribution in [3.8, 4) is 5.75 Å². The van der Waals surface area contributed by atoms with Crippen molar-refractivity contribution >= 4 is 5.69 Å². The van der Waals surface area contributed by atoms with Crippen LogP contribution in [0.15, 0.2) is 24.3 Å². The average Bonchev–Trinajstić information content (AvgIpc) is 2.39. The lowest BCUT2D eigenvalue weighted by atomic mass is 9.93. The molecular weight excluding hydrogens is 200 g/mol. The third-order valence-corrected chi connectivity index (χ3v) is 2.98. The van der Waals surface area contributed by atoms with Crippen LogP contribution in [0, 0.1) is 5.41 Å². The Morgan fingerprint density at radius 3 is 2.94 bits per heavy atom. The molecule has 3 nitrogen and oxygen atoms in total. The van der Waals surface area contributed by atoms with Gasteiger partial charge < -0.3 is 15.3 Å². The van der Waals surface area contributed by atoms with E-state index in [2.05, 4.69) is 30.1 Å². The van der Waals surface area contributed by atoms with E-state index in [0.29, 0.717) is 5.75 Å². The van der Waals surface area contributed by atoms with Crippen molar-refractivity contribution in [3.05, 3.63) is 24.3 Å². The second-order valence-corrected chi connectivity index (χ2v) is 5.28. The lowest BCUT2D eigenvalue weighted by Gasteiger charge is -2.30. The lowest BCUT2D eigenvalue weighted by Crippen LogP contribution is -2.35. The normalized spacial score (nSPS) is 20.5. The van der Waals surface area contributed by atoms with Gasteiger partial charge in [0.25, 0.3) is 0 Å². The maximum atomic E-state index is 9.50. The van der Waals surface area contributed by atoms with Gasteiger partial charge in [0.1, 0.15) is 5.75 Å². The first-order valence-electron chi connectivity index (χ1n) is 5.82. The SMILES string of the molecule is CC1(C)CNCCN(c2cccc(O)c2)C1. The number of benzene rings is 1. The maximum absolute atomic E-state index is 9.50. The molecule has 0 aromatic heterocycles. The van der Waals surface area contributed by atoms with Crippen molar-refractivity contribution in [2.75, 3.05) is 31.1 Å². The fraction of sp³-hybridized carbons (Fsp3) is 0.538. The van der Waals surface area contributed by atoms with E-state index in [1.807, 2.05) is 12.1 Å². The molecule has 0 radical (unpaired) electrons. The van der Waals surface area contributed by atoms with Gasteiger partial charge in [0.2, 0.25) is 0 Å². The van der Waals surface area contributed by atoms with Crippen molar-refractivity contribution in [2.24, 2.45) is 5.41 Å². The third-order valence-electron chi connectivity index (χ3n) is 2.98. The zero-order chi connectivity index (χ0) is 11.6. The molecule has 1 aromatic carbocycles. The van der Waals surface area contributed by atoms with E-state index < -0.39 is 0 Å². The number of rotatable bonds is 1. The first-order chi connectivity index (χ1) is 7.57. The molecule has 3 heteroatoms. The summed E-state index contributed by atoms with van der Waals surface area (Å²) in [4.78, 5) is 2.33. The van der Waals surface area contributed by atoms with Crippen LogP contribution in [-0.2, 0) is 0 Å². The van der Waals surface area contributed by atoms with Gasteiger partial charge in [-0.2, -0.15) is 0 Å². The topological polar surface area (TPSA) is 35.5 Å². The standard InChI is InChI=1S/C13H20N2O/c1-13(2)9-14-6-7-15(10-13)11-4-3-5-12(16)8-11/h3-5,8,14,16H,6-7,9-10H2,1-2H3. The summed E-state index contributed by atoms with van der Waals surface area (Å²) >= 11 is 0. The third kappa shape index (κ3) is 2.67. The van der Waals surface area contributed by atoms with Gasteiger partial charge in [-0.25, -0.2) is 0 Å². The number of nitrogens with zero attached hydrogens (tertiary/aromatic N) is 1. The van der Waals surface area contributed by atoms with E-state index >= 15 is 0 Å². The number of anilines is 1. The molecule has 0 bridgehead atoms. The Morgan fingerprint density at radius 1 is 1.38 bits per heavy atom. The first-order valence-corrected chi connectivity index (χ1v) is 5.82. The number of hydrogen-bond donors (Lipinski definition) is 2. The second kappa shape index (κ2) is 4.34. The second-order valence-electron chi connectivity index (χ2n) is 5.28. The summed E-state index contributed by atoms with van der Waals surface area (Å²) < 4.78 is 0.